The molecule has 0 heterocycles. The van der Waals surface area contributed by atoms with Crippen LogP contribution in [0, 0.1) is 6.92 Å². The predicted octanol–water partition coefficient (Wildman–Crippen LogP) is 5.22. The van der Waals surface area contributed by atoms with E-state index in [1.807, 2.05) is 51.1 Å². The van der Waals surface area contributed by atoms with Crippen molar-refractivity contribution >= 4 is 39.1 Å². The average Bonchev–Trinajstić information content (AvgIpc) is 2.93. The Bertz CT molecular complexity index is 1350. The van der Waals surface area contributed by atoms with Crippen LogP contribution < -0.4 is 9.62 Å². The number of hydrogen-bond acceptors (Lipinski definition) is 4. The van der Waals surface area contributed by atoms with E-state index < -0.39 is 28.5 Å². The van der Waals surface area contributed by atoms with E-state index in [1.54, 1.807) is 36.4 Å². The molecule has 3 rings (SSSR count). The molecule has 1 atom stereocenters. The molecule has 0 saturated heterocycles. The minimum Gasteiger partial charge on any atom is -0.354 e. The van der Waals surface area contributed by atoms with E-state index in [4.69, 9.17) is 11.6 Å². The van der Waals surface area contributed by atoms with Gasteiger partial charge in [-0.25, -0.2) is 8.42 Å². The molecular formula is C30H36ClN3O4S. The average molecular weight is 570 g/mol. The van der Waals surface area contributed by atoms with Crippen LogP contribution in [0.1, 0.15) is 37.8 Å². The van der Waals surface area contributed by atoms with Gasteiger partial charge in [0.1, 0.15) is 12.6 Å². The first-order chi connectivity index (χ1) is 18.7. The Kier molecular flexibility index (Phi) is 10.9. The highest BCUT2D eigenvalue weighted by Gasteiger charge is 2.34. The predicted molar refractivity (Wildman–Crippen MR) is 156 cm³/mol. The molecule has 9 heteroatoms. The number of aryl methyl sites for hydroxylation is 1. The first kappa shape index (κ1) is 30.2. The van der Waals surface area contributed by atoms with Crippen LogP contribution in [0.5, 0.6) is 0 Å². The summed E-state index contributed by atoms with van der Waals surface area (Å²) in [6.07, 6.45) is 1.66. The Morgan fingerprint density at radius 2 is 1.56 bits per heavy atom. The summed E-state index contributed by atoms with van der Waals surface area (Å²) in [5, 5.41) is 3.09. The Labute approximate surface area is 236 Å². The monoisotopic (exact) mass is 569 g/mol. The number of sulfonamides is 1. The van der Waals surface area contributed by atoms with E-state index >= 15 is 0 Å². The van der Waals surface area contributed by atoms with Crippen LogP contribution in [0.15, 0.2) is 83.8 Å². The van der Waals surface area contributed by atoms with Crippen molar-refractivity contribution in [2.24, 2.45) is 0 Å². The van der Waals surface area contributed by atoms with Crippen LogP contribution in [-0.2, 0) is 26.0 Å². The maximum atomic E-state index is 14.0. The fourth-order valence-electron chi connectivity index (χ4n) is 4.27. The molecule has 3 aromatic rings. The second-order valence-electron chi connectivity index (χ2n) is 9.31. The van der Waals surface area contributed by atoms with Crippen molar-refractivity contribution in [3.63, 3.8) is 0 Å². The molecule has 0 bridgehead atoms. The number of anilines is 1. The minimum absolute atomic E-state index is 0.0457. The molecule has 39 heavy (non-hydrogen) atoms. The fraction of sp³-hybridized carbons (Fsp3) is 0.333. The van der Waals surface area contributed by atoms with Crippen LogP contribution in [-0.4, -0.2) is 50.8 Å². The number of halogens is 1. The minimum atomic E-state index is -4.16. The van der Waals surface area contributed by atoms with Crippen molar-refractivity contribution in [2.75, 3.05) is 23.9 Å². The van der Waals surface area contributed by atoms with E-state index in [0.717, 1.165) is 21.9 Å². The summed E-state index contributed by atoms with van der Waals surface area (Å²) in [7, 11) is -4.16. The third-order valence-electron chi connectivity index (χ3n) is 6.43. The largest absolute Gasteiger partial charge is 0.354 e. The highest BCUT2D eigenvalue weighted by molar-refractivity contribution is 7.92. The van der Waals surface area contributed by atoms with Gasteiger partial charge < -0.3 is 10.2 Å². The summed E-state index contributed by atoms with van der Waals surface area (Å²) in [5.74, 6) is -0.744. The van der Waals surface area contributed by atoms with Gasteiger partial charge in [0.25, 0.3) is 10.0 Å². The molecule has 0 fully saturated rings. The SMILES string of the molecule is CCCNC(=O)C(CC)N(CCc1ccccc1)C(=O)CN(c1ccccc1Cl)S(=O)(=O)c1ccc(C)cc1. The molecule has 208 valence electrons. The summed E-state index contributed by atoms with van der Waals surface area (Å²) < 4.78 is 28.8. The molecule has 1 N–H and O–H groups in total. The summed E-state index contributed by atoms with van der Waals surface area (Å²) in [5.41, 5.74) is 2.11. The van der Waals surface area contributed by atoms with E-state index in [9.17, 15) is 18.0 Å². The molecule has 0 aliphatic heterocycles. The van der Waals surface area contributed by atoms with Crippen molar-refractivity contribution < 1.29 is 18.0 Å². The molecule has 0 aliphatic carbocycles. The number of para-hydroxylation sites is 1. The highest BCUT2D eigenvalue weighted by Crippen LogP contribution is 2.30. The summed E-state index contributed by atoms with van der Waals surface area (Å²) in [6.45, 7) is 5.90. The Morgan fingerprint density at radius 3 is 2.18 bits per heavy atom. The maximum absolute atomic E-state index is 14.0. The molecular weight excluding hydrogens is 534 g/mol. The van der Waals surface area contributed by atoms with Crippen molar-refractivity contribution in [1.29, 1.82) is 0 Å². The van der Waals surface area contributed by atoms with E-state index in [-0.39, 0.29) is 28.1 Å². The Hall–Kier alpha value is -3.36. The molecule has 0 aromatic heterocycles. The van der Waals surface area contributed by atoms with Gasteiger partial charge in [-0.05, 0) is 56.0 Å². The number of nitrogens with one attached hydrogen (secondary N) is 1. The van der Waals surface area contributed by atoms with Crippen LogP contribution in [0.4, 0.5) is 5.69 Å². The van der Waals surface area contributed by atoms with E-state index in [1.165, 1.54) is 17.0 Å². The maximum Gasteiger partial charge on any atom is 0.264 e. The fourth-order valence-corrected chi connectivity index (χ4v) is 5.99. The lowest BCUT2D eigenvalue weighted by atomic mass is 10.1. The second kappa shape index (κ2) is 14.1. The highest BCUT2D eigenvalue weighted by atomic mass is 35.5. The Morgan fingerprint density at radius 1 is 0.923 bits per heavy atom. The van der Waals surface area contributed by atoms with Crippen LogP contribution >= 0.6 is 11.6 Å². The lowest BCUT2D eigenvalue weighted by Crippen LogP contribution is -2.53. The zero-order valence-corrected chi connectivity index (χ0v) is 24.2. The molecule has 0 spiro atoms. The standard InChI is InChI=1S/C30H36ClN3O4S/c1-4-20-32-30(36)27(5-2)33(21-19-24-11-7-6-8-12-24)29(35)22-34(28-14-10-9-13-26(28)31)39(37,38)25-17-15-23(3)16-18-25/h6-18,27H,4-5,19-22H2,1-3H3,(H,32,36). The van der Waals surface area contributed by atoms with Crippen molar-refractivity contribution in [1.82, 2.24) is 10.2 Å². The number of benzene rings is 3. The van der Waals surface area contributed by atoms with Crippen molar-refractivity contribution in [3.8, 4) is 0 Å². The first-order valence-corrected chi connectivity index (χ1v) is 15.0. The van der Waals surface area contributed by atoms with Crippen LogP contribution in [0.3, 0.4) is 0 Å². The zero-order chi connectivity index (χ0) is 28.4. The van der Waals surface area contributed by atoms with Gasteiger partial charge in [-0.1, -0.05) is 85.6 Å². The van der Waals surface area contributed by atoms with Gasteiger partial charge in [-0.15, -0.1) is 0 Å². The normalized spacial score (nSPS) is 12.0. The third kappa shape index (κ3) is 7.83. The molecule has 0 saturated carbocycles. The van der Waals surface area contributed by atoms with Gasteiger partial charge in [0, 0.05) is 13.1 Å². The van der Waals surface area contributed by atoms with Crippen LogP contribution in [0.2, 0.25) is 5.02 Å². The Balaban J connectivity index is 2.01. The lowest BCUT2D eigenvalue weighted by molar-refractivity contribution is -0.139. The smallest absolute Gasteiger partial charge is 0.264 e. The number of hydrogen-bond donors (Lipinski definition) is 1. The van der Waals surface area contributed by atoms with Gasteiger partial charge in [0.15, 0.2) is 0 Å². The number of amides is 2. The van der Waals surface area contributed by atoms with Crippen LogP contribution in [0.25, 0.3) is 0 Å². The lowest BCUT2D eigenvalue weighted by Gasteiger charge is -2.33. The quantitative estimate of drug-likeness (QED) is 0.306. The molecule has 1 unspecified atom stereocenters. The summed E-state index contributed by atoms with van der Waals surface area (Å²) >= 11 is 6.44. The van der Waals surface area contributed by atoms with Gasteiger partial charge in [0.05, 0.1) is 15.6 Å². The van der Waals surface area contributed by atoms with Crippen molar-refractivity contribution in [3.05, 3.63) is 95.0 Å². The second-order valence-corrected chi connectivity index (χ2v) is 11.6. The van der Waals surface area contributed by atoms with Gasteiger partial charge in [0.2, 0.25) is 11.8 Å². The molecule has 0 radical (unpaired) electrons. The van der Waals surface area contributed by atoms with E-state index in [0.29, 0.717) is 19.4 Å². The molecule has 3 aromatic carbocycles. The van der Waals surface area contributed by atoms with E-state index in [2.05, 4.69) is 5.32 Å². The number of nitrogens with zero attached hydrogens (tertiary/aromatic N) is 2. The molecule has 2 amide bonds. The number of rotatable bonds is 13. The van der Waals surface area contributed by atoms with Crippen molar-refractivity contribution in [2.45, 2.75) is 51.0 Å². The third-order valence-corrected chi connectivity index (χ3v) is 8.52. The number of carbonyl (C=O) groups is 2. The number of carbonyl (C=O) groups excluding carboxylic acids is 2. The van der Waals surface area contributed by atoms with Gasteiger partial charge >= 0.3 is 0 Å². The first-order valence-electron chi connectivity index (χ1n) is 13.1. The zero-order valence-electron chi connectivity index (χ0n) is 22.6. The molecule has 0 aliphatic rings. The molecule has 7 nitrogen and oxygen atoms in total. The topological polar surface area (TPSA) is 86.8 Å². The van der Waals surface area contributed by atoms with Gasteiger partial charge in [-0.3, -0.25) is 13.9 Å². The van der Waals surface area contributed by atoms with Gasteiger partial charge in [-0.2, -0.15) is 0 Å². The summed E-state index contributed by atoms with van der Waals surface area (Å²) in [6, 6.07) is 21.9. The summed E-state index contributed by atoms with van der Waals surface area (Å²) in [4.78, 5) is 28.6.